The van der Waals surface area contributed by atoms with Crippen LogP contribution in [0.3, 0.4) is 0 Å². The molecule has 2 nitrogen and oxygen atoms in total. The zero-order valence-electron chi connectivity index (χ0n) is 9.62. The van der Waals surface area contributed by atoms with E-state index in [-0.39, 0.29) is 21.1 Å². The maximum absolute atomic E-state index is 12.4. The molecule has 0 aliphatic carbocycles. The van der Waals surface area contributed by atoms with E-state index >= 15 is 0 Å². The maximum atomic E-state index is 12.4. The molecule has 0 bridgehead atoms. The molecule has 0 N–H and O–H groups in total. The van der Waals surface area contributed by atoms with Crippen LogP contribution in [0.4, 0.5) is 13.2 Å². The van der Waals surface area contributed by atoms with Gasteiger partial charge < -0.3 is 5.21 Å². The van der Waals surface area contributed by atoms with E-state index in [0.717, 1.165) is 18.0 Å². The Morgan fingerprint density at radius 2 is 2.06 bits per heavy atom. The predicted octanol–water partition coefficient (Wildman–Crippen LogP) is 2.77. The van der Waals surface area contributed by atoms with Crippen molar-refractivity contribution < 1.29 is 17.9 Å². The van der Waals surface area contributed by atoms with Gasteiger partial charge >= 0.3 is 6.18 Å². The number of rotatable bonds is 3. The summed E-state index contributed by atoms with van der Waals surface area (Å²) in [6.07, 6.45) is -1.66. The molecule has 0 saturated carbocycles. The fourth-order valence-corrected chi connectivity index (χ4v) is 2.58. The molecule has 0 saturated heterocycles. The molecule has 1 aromatic rings. The largest absolute Gasteiger partial charge is 0.618 e. The molecule has 1 rings (SSSR count). The second kappa shape index (κ2) is 5.08. The Hall–Kier alpha value is -1.04. The third-order valence-electron chi connectivity index (χ3n) is 2.33. The second-order valence-corrected chi connectivity index (χ2v) is 5.92. The number of hydrogen-bond acceptors (Lipinski definition) is 1. The highest BCUT2D eigenvalue weighted by molar-refractivity contribution is 8.13. The van der Waals surface area contributed by atoms with Gasteiger partial charge in [0.05, 0.1) is 0 Å². The first-order valence-electron chi connectivity index (χ1n) is 4.94. The molecule has 1 unspecified atom stereocenters. The van der Waals surface area contributed by atoms with Crippen molar-refractivity contribution in [1.29, 1.82) is 0 Å². The monoisotopic (exact) mass is 265 g/mol. The van der Waals surface area contributed by atoms with Gasteiger partial charge in [0.1, 0.15) is 0 Å². The number of nitrogens with zero attached hydrogens (tertiary/aromatic N) is 1. The van der Waals surface area contributed by atoms with Gasteiger partial charge in [0.25, 0.3) is 5.69 Å². The summed E-state index contributed by atoms with van der Waals surface area (Å²) in [5.41, 5.74) is -0.574. The van der Waals surface area contributed by atoms with Crippen molar-refractivity contribution in [3.63, 3.8) is 0 Å². The standard InChI is InChI=1S/C11H14F3NOS/c1-8(7-17(2)3)9-4-5-10(11(12,13)14)15(16)6-9/h4-6,8H,2,7H2,1,3H3/t8-,17?/m0/s1. The molecule has 1 heterocycles. The van der Waals surface area contributed by atoms with Gasteiger partial charge in [0.2, 0.25) is 0 Å². The summed E-state index contributed by atoms with van der Waals surface area (Å²) < 4.78 is 37.0. The van der Waals surface area contributed by atoms with E-state index in [1.807, 2.05) is 13.2 Å². The average molecular weight is 265 g/mol. The molecule has 0 spiro atoms. The fourth-order valence-electron chi connectivity index (χ4n) is 1.53. The summed E-state index contributed by atoms with van der Waals surface area (Å²) in [6, 6.07) is 2.18. The lowest BCUT2D eigenvalue weighted by molar-refractivity contribution is -0.629. The molecule has 96 valence electrons. The first-order valence-corrected chi connectivity index (χ1v) is 6.91. The van der Waals surface area contributed by atoms with Crippen LogP contribution in [0.1, 0.15) is 24.1 Å². The third-order valence-corrected chi connectivity index (χ3v) is 3.40. The lowest BCUT2D eigenvalue weighted by atomic mass is 10.1. The quantitative estimate of drug-likeness (QED) is 0.469. The van der Waals surface area contributed by atoms with E-state index in [0.29, 0.717) is 5.56 Å². The van der Waals surface area contributed by atoms with Gasteiger partial charge in [-0.3, -0.25) is 0 Å². The van der Waals surface area contributed by atoms with Crippen LogP contribution in [-0.4, -0.2) is 17.9 Å². The SMILES string of the molecule is C=S(C)C[C@H](C)c1ccc(C(F)(F)F)[n+]([O-])c1. The Kier molecular flexibility index (Phi) is 4.19. The normalized spacial score (nSPS) is 15.6. The highest BCUT2D eigenvalue weighted by Gasteiger charge is 2.39. The molecular weight excluding hydrogens is 251 g/mol. The lowest BCUT2D eigenvalue weighted by Gasteiger charge is -2.13. The van der Waals surface area contributed by atoms with Crippen molar-refractivity contribution in [2.75, 3.05) is 12.0 Å². The molecular formula is C11H14F3NOS. The van der Waals surface area contributed by atoms with Crippen LogP contribution in [-0.2, 0) is 6.18 Å². The van der Waals surface area contributed by atoms with Crippen LogP contribution in [0.2, 0.25) is 0 Å². The fraction of sp³-hybridized carbons (Fsp3) is 0.455. The first-order chi connectivity index (χ1) is 7.71. The van der Waals surface area contributed by atoms with Gasteiger partial charge in [-0.05, 0) is 24.0 Å². The highest BCUT2D eigenvalue weighted by Crippen LogP contribution is 2.28. The summed E-state index contributed by atoms with van der Waals surface area (Å²) in [6.45, 7) is 1.87. The first kappa shape index (κ1) is 14.0. The van der Waals surface area contributed by atoms with Crippen LogP contribution in [0, 0.1) is 5.21 Å². The van der Waals surface area contributed by atoms with Crippen molar-refractivity contribution in [2.45, 2.75) is 19.0 Å². The third kappa shape index (κ3) is 3.73. The number of pyridine rings is 1. The molecule has 0 amide bonds. The van der Waals surface area contributed by atoms with Crippen LogP contribution < -0.4 is 4.73 Å². The Balaban J connectivity index is 3.00. The summed E-state index contributed by atoms with van der Waals surface area (Å²) in [4.78, 5) is 0. The molecule has 1 aromatic heterocycles. The van der Waals surface area contributed by atoms with Crippen LogP contribution in [0.25, 0.3) is 0 Å². The van der Waals surface area contributed by atoms with Crippen molar-refractivity contribution in [3.8, 4) is 0 Å². The van der Waals surface area contributed by atoms with E-state index in [4.69, 9.17) is 0 Å². The van der Waals surface area contributed by atoms with Crippen molar-refractivity contribution in [1.82, 2.24) is 0 Å². The number of aromatic nitrogens is 1. The Morgan fingerprint density at radius 1 is 1.47 bits per heavy atom. The van der Waals surface area contributed by atoms with E-state index < -0.39 is 11.9 Å². The second-order valence-electron chi connectivity index (χ2n) is 4.02. The Bertz CT molecular complexity index is 431. The molecule has 0 radical (unpaired) electrons. The van der Waals surface area contributed by atoms with Gasteiger partial charge in [-0.15, -0.1) is 0 Å². The van der Waals surface area contributed by atoms with E-state index in [1.165, 1.54) is 6.07 Å². The minimum absolute atomic E-state index is 0.0308. The highest BCUT2D eigenvalue weighted by atomic mass is 32.2. The van der Waals surface area contributed by atoms with E-state index in [1.54, 1.807) is 0 Å². The summed E-state index contributed by atoms with van der Waals surface area (Å²) >= 11 is 0. The number of hydrogen-bond donors (Lipinski definition) is 0. The van der Waals surface area contributed by atoms with Gasteiger partial charge in [0.15, 0.2) is 6.20 Å². The minimum atomic E-state index is -4.61. The van der Waals surface area contributed by atoms with Crippen LogP contribution in [0.5, 0.6) is 0 Å². The number of alkyl halides is 3. The van der Waals surface area contributed by atoms with Gasteiger partial charge in [0, 0.05) is 11.6 Å². The maximum Gasteiger partial charge on any atom is 0.478 e. The average Bonchev–Trinajstić information content (AvgIpc) is 2.14. The van der Waals surface area contributed by atoms with E-state index in [2.05, 4.69) is 5.87 Å². The minimum Gasteiger partial charge on any atom is -0.618 e. The van der Waals surface area contributed by atoms with Crippen molar-refractivity contribution in [3.05, 3.63) is 34.8 Å². The molecule has 6 heteroatoms. The van der Waals surface area contributed by atoms with Crippen LogP contribution in [0.15, 0.2) is 18.3 Å². The summed E-state index contributed by atoms with van der Waals surface area (Å²) in [7, 11) is -0.0587. The van der Waals surface area contributed by atoms with Gasteiger partial charge in [-0.25, -0.2) is 0 Å². The molecule has 0 aliphatic heterocycles. The molecule has 0 aliphatic rings. The summed E-state index contributed by atoms with van der Waals surface area (Å²) in [5, 5.41) is 11.3. The molecule has 0 aromatic carbocycles. The molecule has 0 fully saturated rings. The molecule has 2 atom stereocenters. The van der Waals surface area contributed by atoms with Crippen molar-refractivity contribution in [2.24, 2.45) is 0 Å². The molecule has 17 heavy (non-hydrogen) atoms. The van der Waals surface area contributed by atoms with Crippen LogP contribution >= 0.6 is 10.5 Å². The number of halogens is 3. The Morgan fingerprint density at radius 3 is 2.47 bits per heavy atom. The Labute approximate surface area is 101 Å². The van der Waals surface area contributed by atoms with Crippen molar-refractivity contribution >= 4 is 16.4 Å². The predicted molar refractivity (Wildman–Crippen MR) is 64.3 cm³/mol. The van der Waals surface area contributed by atoms with Gasteiger partial charge in [-0.2, -0.15) is 28.4 Å². The smallest absolute Gasteiger partial charge is 0.478 e. The topological polar surface area (TPSA) is 26.9 Å². The summed E-state index contributed by atoms with van der Waals surface area (Å²) in [5.74, 6) is 4.63. The zero-order chi connectivity index (χ0) is 13.2. The lowest BCUT2D eigenvalue weighted by Crippen LogP contribution is -2.37. The zero-order valence-corrected chi connectivity index (χ0v) is 10.4. The van der Waals surface area contributed by atoms with E-state index in [9.17, 15) is 18.4 Å². The van der Waals surface area contributed by atoms with Gasteiger partial charge in [-0.1, -0.05) is 12.8 Å².